The summed E-state index contributed by atoms with van der Waals surface area (Å²) in [5, 5.41) is 23.7. The Hall–Kier alpha value is -5.21. The number of nitrogens with zero attached hydrogens (tertiary/aromatic N) is 5. The van der Waals surface area contributed by atoms with Crippen LogP contribution < -0.4 is 21.1 Å². The zero-order valence-electron chi connectivity index (χ0n) is 41.8. The van der Waals surface area contributed by atoms with Crippen molar-refractivity contribution in [3.63, 3.8) is 0 Å². The van der Waals surface area contributed by atoms with Crippen molar-refractivity contribution in [3.05, 3.63) is 141 Å². The van der Waals surface area contributed by atoms with Crippen molar-refractivity contribution >= 4 is 56.1 Å². The number of carbonyl (C=O) groups excluding carboxylic acids is 1. The van der Waals surface area contributed by atoms with Gasteiger partial charge < -0.3 is 45.2 Å². The first-order chi connectivity index (χ1) is 35.5. The number of sulfone groups is 1. The molecule has 74 heavy (non-hydrogen) atoms. The van der Waals surface area contributed by atoms with E-state index in [1.807, 2.05) is 97.7 Å². The Balaban J connectivity index is 0.846. The van der Waals surface area contributed by atoms with E-state index in [-0.39, 0.29) is 24.1 Å². The summed E-state index contributed by atoms with van der Waals surface area (Å²) in [5.74, 6) is -0.0206. The highest BCUT2D eigenvalue weighted by Gasteiger charge is 2.50. The van der Waals surface area contributed by atoms with Gasteiger partial charge in [-0.1, -0.05) is 54.1 Å². The number of thioether (sulfide) groups is 1. The van der Waals surface area contributed by atoms with Crippen LogP contribution in [0.1, 0.15) is 73.0 Å². The SMILES string of the molecule is Cc1c(C(=O)N2CCC(O)CC2)c(C2=CCCC(N3CCN(c4ccc(NNC5=CCC(N[C@H](CCN6CCC(O)CC6)Sc6ccccc6)C(S(=O)(=O)C(F)(F)F)=C5)cc4)CC3)=C2)c(-c2ccc(Cl)cc2)n1C. The molecule has 4 aromatic rings. The monoisotopic (exact) mass is 1070 g/mol. The molecule has 3 aliphatic heterocycles. The zero-order valence-corrected chi connectivity index (χ0v) is 44.2. The molecule has 5 aliphatic rings. The smallest absolute Gasteiger partial charge is 0.393 e. The third-order valence-electron chi connectivity index (χ3n) is 14.9. The van der Waals surface area contributed by atoms with Crippen LogP contribution in [-0.2, 0) is 16.9 Å². The molecule has 3 fully saturated rings. The second-order valence-corrected chi connectivity index (χ2v) is 23.4. The maximum atomic E-state index is 14.4. The number of hydrogen-bond acceptors (Lipinski definition) is 12. The predicted octanol–water partition coefficient (Wildman–Crippen LogP) is 9.08. The van der Waals surface area contributed by atoms with Gasteiger partial charge in [0.1, 0.15) is 0 Å². The summed E-state index contributed by atoms with van der Waals surface area (Å²) in [4.78, 5) is 23.4. The summed E-state index contributed by atoms with van der Waals surface area (Å²) < 4.78 is 71.3. The highest BCUT2D eigenvalue weighted by molar-refractivity contribution is 8.00. The van der Waals surface area contributed by atoms with Gasteiger partial charge in [-0.25, -0.2) is 8.42 Å². The van der Waals surface area contributed by atoms with E-state index in [0.717, 1.165) is 83.8 Å². The lowest BCUT2D eigenvalue weighted by Gasteiger charge is -2.39. The molecule has 13 nitrogen and oxygen atoms in total. The Morgan fingerprint density at radius 3 is 2.14 bits per heavy atom. The van der Waals surface area contributed by atoms with Crippen LogP contribution in [0.4, 0.5) is 24.5 Å². The standard InChI is InChI=1S/C55H66ClF3N8O5S2/c1-37-51(54(70)67-29-23-46(69)24-30-67)52(53(63(37)2)38-11-13-40(56)14-12-38)39-7-6-8-44(35-39)66-33-31-65(32-34-66)43-18-15-41(16-19-43)61-62-42-17-20-48(49(36-42)74(71,72)55(57,58)59)60-50(73-47-9-4-3-5-10-47)25-28-64-26-21-45(68)22-27-64/h3-5,7,9-19,35-36,45-46,48,50,60-62,68-69H,6,8,20-34H2,1-2H3/t48?,50-/m0/s1. The van der Waals surface area contributed by atoms with Crippen LogP contribution in [0.5, 0.6) is 0 Å². The van der Waals surface area contributed by atoms with Gasteiger partial charge in [0.05, 0.1) is 45.1 Å². The molecular weight excluding hydrogens is 1010 g/mol. The zero-order chi connectivity index (χ0) is 52.1. The minimum absolute atomic E-state index is 0.00853. The number of piperazine rings is 1. The third-order valence-corrected chi connectivity index (χ3v) is 18.0. The number of hydrazine groups is 1. The van der Waals surface area contributed by atoms with E-state index in [1.165, 1.54) is 17.5 Å². The lowest BCUT2D eigenvalue weighted by atomic mass is 9.91. The number of hydrogen-bond donors (Lipinski definition) is 5. The van der Waals surface area contributed by atoms with Crippen LogP contribution in [0.2, 0.25) is 5.02 Å². The summed E-state index contributed by atoms with van der Waals surface area (Å²) in [6, 6.07) is 23.8. The van der Waals surface area contributed by atoms with Gasteiger partial charge in [-0.05, 0) is 130 Å². The second-order valence-electron chi connectivity index (χ2n) is 19.8. The first-order valence-electron chi connectivity index (χ1n) is 25.6. The first-order valence-corrected chi connectivity index (χ1v) is 28.3. The Morgan fingerprint density at radius 1 is 0.824 bits per heavy atom. The summed E-state index contributed by atoms with van der Waals surface area (Å²) in [5.41, 5.74) is 9.02. The summed E-state index contributed by atoms with van der Waals surface area (Å²) >= 11 is 7.79. The maximum Gasteiger partial charge on any atom is 0.501 e. The minimum atomic E-state index is -5.69. The van der Waals surface area contributed by atoms with Gasteiger partial charge in [-0.3, -0.25) is 10.1 Å². The van der Waals surface area contributed by atoms with Crippen molar-refractivity contribution in [2.45, 2.75) is 92.3 Å². The van der Waals surface area contributed by atoms with Gasteiger partial charge >= 0.3 is 5.51 Å². The van der Waals surface area contributed by atoms with Crippen molar-refractivity contribution in [2.24, 2.45) is 7.05 Å². The summed E-state index contributed by atoms with van der Waals surface area (Å²) in [6.07, 6.45) is 11.2. The van der Waals surface area contributed by atoms with Gasteiger partial charge in [0.2, 0.25) is 0 Å². The van der Waals surface area contributed by atoms with E-state index in [2.05, 4.69) is 47.6 Å². The number of piperidine rings is 2. The van der Waals surface area contributed by atoms with Gasteiger partial charge in [-0.15, -0.1) is 11.8 Å². The van der Waals surface area contributed by atoms with Gasteiger partial charge in [0.25, 0.3) is 15.7 Å². The highest BCUT2D eigenvalue weighted by atomic mass is 35.5. The van der Waals surface area contributed by atoms with Gasteiger partial charge in [0.15, 0.2) is 0 Å². The fourth-order valence-corrected chi connectivity index (χ4v) is 12.9. The van der Waals surface area contributed by atoms with Crippen LogP contribution in [0, 0.1) is 6.92 Å². The number of alkyl halides is 3. The first kappa shape index (κ1) is 53.6. The number of aromatic nitrogens is 1. The van der Waals surface area contributed by atoms with Crippen molar-refractivity contribution < 1.29 is 36.6 Å². The van der Waals surface area contributed by atoms with Crippen LogP contribution >= 0.6 is 23.4 Å². The number of halogens is 4. The molecule has 1 unspecified atom stereocenters. The number of nitrogens with one attached hydrogen (secondary N) is 3. The third kappa shape index (κ3) is 12.4. The molecule has 2 atom stereocenters. The molecule has 1 aromatic heterocycles. The Bertz CT molecular complexity index is 2850. The Kier molecular flexibility index (Phi) is 16.9. The summed E-state index contributed by atoms with van der Waals surface area (Å²) in [6.45, 7) is 8.20. The molecule has 9 rings (SSSR count). The molecule has 0 bridgehead atoms. The molecule has 3 saturated heterocycles. The van der Waals surface area contributed by atoms with Crippen LogP contribution in [0.25, 0.3) is 16.8 Å². The Labute approximate surface area is 441 Å². The van der Waals surface area contributed by atoms with E-state index in [4.69, 9.17) is 11.6 Å². The van der Waals surface area contributed by atoms with Gasteiger partial charge in [-0.2, -0.15) is 13.2 Å². The topological polar surface area (TPSA) is 146 Å². The number of amides is 1. The van der Waals surface area contributed by atoms with Crippen LogP contribution in [-0.4, -0.2) is 132 Å². The van der Waals surface area contributed by atoms with E-state index in [1.54, 1.807) is 6.08 Å². The van der Waals surface area contributed by atoms with E-state index < -0.39 is 37.8 Å². The minimum Gasteiger partial charge on any atom is -0.393 e. The number of aliphatic hydroxyl groups excluding tert-OH is 2. The molecular formula is C55H66ClF3N8O5S2. The number of allylic oxidation sites excluding steroid dienone is 5. The van der Waals surface area contributed by atoms with Crippen molar-refractivity contribution in [1.29, 1.82) is 0 Å². The number of anilines is 2. The van der Waals surface area contributed by atoms with E-state index in [9.17, 15) is 36.6 Å². The van der Waals surface area contributed by atoms with Crippen molar-refractivity contribution in [1.82, 2.24) is 30.0 Å². The van der Waals surface area contributed by atoms with Crippen molar-refractivity contribution in [3.8, 4) is 11.3 Å². The highest BCUT2D eigenvalue weighted by Crippen LogP contribution is 2.41. The normalized spacial score (nSPS) is 20.2. The molecule has 3 aromatic carbocycles. The molecule has 4 heterocycles. The number of aliphatic hydroxyl groups is 2. The number of rotatable bonds is 16. The summed E-state index contributed by atoms with van der Waals surface area (Å²) in [7, 11) is -3.69. The fraction of sp³-hybridized carbons (Fsp3) is 0.436. The molecule has 0 radical (unpaired) electrons. The quantitative estimate of drug-likeness (QED) is 0.0415. The maximum absolute atomic E-state index is 14.4. The average Bonchev–Trinajstić information content (AvgIpc) is 3.67. The number of carbonyl (C=O) groups is 1. The Morgan fingerprint density at radius 2 is 1.47 bits per heavy atom. The van der Waals surface area contributed by atoms with Crippen LogP contribution in [0.15, 0.2) is 124 Å². The lowest BCUT2D eigenvalue weighted by Crippen LogP contribution is -2.46. The lowest BCUT2D eigenvalue weighted by molar-refractivity contribution is -0.0428. The van der Waals surface area contributed by atoms with Gasteiger partial charge in [0, 0.05) is 105 Å². The molecule has 5 N–H and O–H groups in total. The second kappa shape index (κ2) is 23.4. The average molecular weight is 1080 g/mol. The van der Waals surface area contributed by atoms with Crippen LogP contribution in [0.3, 0.4) is 0 Å². The molecule has 0 spiro atoms. The largest absolute Gasteiger partial charge is 0.501 e. The molecule has 2 aliphatic carbocycles. The number of likely N-dealkylation sites (tertiary alicyclic amines) is 2. The van der Waals surface area contributed by atoms with Crippen molar-refractivity contribution in [2.75, 3.05) is 69.2 Å². The molecule has 0 saturated carbocycles. The predicted molar refractivity (Wildman–Crippen MR) is 289 cm³/mol. The number of benzene rings is 3. The van der Waals surface area contributed by atoms with E-state index in [0.29, 0.717) is 81.1 Å². The molecule has 1 amide bonds. The molecule has 19 heteroatoms. The fourth-order valence-electron chi connectivity index (χ4n) is 10.6. The molecule has 396 valence electrons. The van der Waals surface area contributed by atoms with E-state index >= 15 is 0 Å².